The van der Waals surface area contributed by atoms with E-state index < -0.39 is 0 Å². The summed E-state index contributed by atoms with van der Waals surface area (Å²) in [5.74, 6) is -0.213. The molecule has 0 saturated heterocycles. The molecule has 1 N–H and O–H groups in total. The maximum absolute atomic E-state index is 11.1. The van der Waals surface area contributed by atoms with E-state index in [0.717, 1.165) is 4.47 Å². The monoisotopic (exact) mass is 285 g/mol. The Morgan fingerprint density at radius 2 is 2.25 bits per heavy atom. The lowest BCUT2D eigenvalue weighted by Gasteiger charge is -2.08. The molecule has 0 saturated carbocycles. The first kappa shape index (κ1) is 13.2. The average Bonchev–Trinajstić information content (AvgIpc) is 2.23. The Morgan fingerprint density at radius 1 is 1.50 bits per heavy atom. The van der Waals surface area contributed by atoms with Gasteiger partial charge in [-0.05, 0) is 37.1 Å². The van der Waals surface area contributed by atoms with Crippen molar-refractivity contribution >= 4 is 21.9 Å². The summed E-state index contributed by atoms with van der Waals surface area (Å²) in [4.78, 5) is 11.1. The number of benzene rings is 1. The van der Waals surface area contributed by atoms with Crippen LogP contribution < -0.4 is 5.32 Å². The second-order valence-corrected chi connectivity index (χ2v) is 4.40. The summed E-state index contributed by atoms with van der Waals surface area (Å²) in [5.41, 5.74) is 2.39. The third kappa shape index (κ3) is 4.33. The van der Waals surface area contributed by atoms with E-state index in [1.165, 1.54) is 11.1 Å². The number of halogens is 1. The number of carbonyl (C=O) groups is 1. The molecule has 4 heteroatoms. The van der Waals surface area contributed by atoms with Crippen molar-refractivity contribution < 1.29 is 9.53 Å². The van der Waals surface area contributed by atoms with Gasteiger partial charge < -0.3 is 10.1 Å². The molecule has 0 aromatic heterocycles. The van der Waals surface area contributed by atoms with E-state index in [0.29, 0.717) is 13.2 Å². The third-order valence-corrected chi connectivity index (χ3v) is 2.69. The van der Waals surface area contributed by atoms with Crippen molar-refractivity contribution in [2.45, 2.75) is 20.4 Å². The number of rotatable bonds is 5. The van der Waals surface area contributed by atoms with Crippen molar-refractivity contribution in [1.82, 2.24) is 5.32 Å². The van der Waals surface area contributed by atoms with Crippen LogP contribution >= 0.6 is 15.9 Å². The molecule has 0 fully saturated rings. The van der Waals surface area contributed by atoms with E-state index in [9.17, 15) is 4.79 Å². The molecule has 0 aliphatic rings. The molecule has 16 heavy (non-hydrogen) atoms. The van der Waals surface area contributed by atoms with Crippen molar-refractivity contribution in [3.8, 4) is 0 Å². The SMILES string of the molecule is CCOC(=O)CNCc1cc(Br)ccc1C. The largest absolute Gasteiger partial charge is 0.465 e. The Hall–Kier alpha value is -0.870. The molecule has 88 valence electrons. The molecule has 0 spiro atoms. The zero-order valence-corrected chi connectivity index (χ0v) is 11.1. The number of hydrogen-bond acceptors (Lipinski definition) is 3. The van der Waals surface area contributed by atoms with Crippen LogP contribution in [0.2, 0.25) is 0 Å². The van der Waals surface area contributed by atoms with Gasteiger partial charge in [-0.15, -0.1) is 0 Å². The van der Waals surface area contributed by atoms with E-state index in [-0.39, 0.29) is 12.5 Å². The number of nitrogens with one attached hydrogen (secondary N) is 1. The van der Waals surface area contributed by atoms with Gasteiger partial charge in [0.15, 0.2) is 0 Å². The Bertz CT molecular complexity index is 366. The molecule has 0 atom stereocenters. The fourth-order valence-corrected chi connectivity index (χ4v) is 1.75. The lowest BCUT2D eigenvalue weighted by Crippen LogP contribution is -2.24. The Kier molecular flexibility index (Phi) is 5.49. The molecule has 1 rings (SSSR count). The van der Waals surface area contributed by atoms with Gasteiger partial charge in [0.25, 0.3) is 0 Å². The number of aryl methyl sites for hydroxylation is 1. The lowest BCUT2D eigenvalue weighted by molar-refractivity contribution is -0.142. The highest BCUT2D eigenvalue weighted by atomic mass is 79.9. The Morgan fingerprint density at radius 3 is 2.94 bits per heavy atom. The van der Waals surface area contributed by atoms with Gasteiger partial charge >= 0.3 is 5.97 Å². The molecule has 0 bridgehead atoms. The molecule has 0 aliphatic heterocycles. The summed E-state index contributed by atoms with van der Waals surface area (Å²) in [7, 11) is 0. The molecule has 0 amide bonds. The first-order valence-corrected chi connectivity index (χ1v) is 6.04. The van der Waals surface area contributed by atoms with Crippen LogP contribution in [0, 0.1) is 6.92 Å². The van der Waals surface area contributed by atoms with Crippen molar-refractivity contribution in [2.75, 3.05) is 13.2 Å². The van der Waals surface area contributed by atoms with E-state index in [1.807, 2.05) is 25.1 Å². The highest BCUT2D eigenvalue weighted by molar-refractivity contribution is 9.10. The number of carbonyl (C=O) groups excluding carboxylic acids is 1. The van der Waals surface area contributed by atoms with Crippen LogP contribution in [0.25, 0.3) is 0 Å². The van der Waals surface area contributed by atoms with Gasteiger partial charge in [0.05, 0.1) is 13.2 Å². The Labute approximate surface area is 104 Å². The molecule has 0 radical (unpaired) electrons. The predicted octanol–water partition coefficient (Wildman–Crippen LogP) is 2.41. The number of ether oxygens (including phenoxy) is 1. The van der Waals surface area contributed by atoms with Gasteiger partial charge in [0.1, 0.15) is 0 Å². The fourth-order valence-electron chi connectivity index (χ4n) is 1.34. The highest BCUT2D eigenvalue weighted by Crippen LogP contribution is 2.15. The van der Waals surface area contributed by atoms with Crippen LogP contribution in [0.5, 0.6) is 0 Å². The average molecular weight is 286 g/mol. The number of hydrogen-bond donors (Lipinski definition) is 1. The normalized spacial score (nSPS) is 10.2. The molecule has 0 heterocycles. The second kappa shape index (κ2) is 6.66. The van der Waals surface area contributed by atoms with E-state index in [1.54, 1.807) is 6.92 Å². The van der Waals surface area contributed by atoms with Crippen LogP contribution in [0.3, 0.4) is 0 Å². The van der Waals surface area contributed by atoms with Crippen LogP contribution in [0.4, 0.5) is 0 Å². The van der Waals surface area contributed by atoms with Crippen LogP contribution in [-0.2, 0) is 16.1 Å². The van der Waals surface area contributed by atoms with Crippen molar-refractivity contribution in [3.63, 3.8) is 0 Å². The molecule has 0 unspecified atom stereocenters. The minimum absolute atomic E-state index is 0.213. The molecule has 0 aliphatic carbocycles. The number of esters is 1. The molecular weight excluding hydrogens is 270 g/mol. The summed E-state index contributed by atoms with van der Waals surface area (Å²) in [5, 5.41) is 3.06. The van der Waals surface area contributed by atoms with Crippen molar-refractivity contribution in [1.29, 1.82) is 0 Å². The van der Waals surface area contributed by atoms with Gasteiger partial charge in [0.2, 0.25) is 0 Å². The van der Waals surface area contributed by atoms with Gasteiger partial charge in [0, 0.05) is 11.0 Å². The van der Waals surface area contributed by atoms with Crippen molar-refractivity contribution in [3.05, 3.63) is 33.8 Å². The van der Waals surface area contributed by atoms with Gasteiger partial charge in [-0.1, -0.05) is 22.0 Å². The van der Waals surface area contributed by atoms with E-state index in [4.69, 9.17) is 4.74 Å². The summed E-state index contributed by atoms with van der Waals surface area (Å²) in [6, 6.07) is 6.10. The maximum atomic E-state index is 11.1. The summed E-state index contributed by atoms with van der Waals surface area (Å²) < 4.78 is 5.87. The van der Waals surface area contributed by atoms with Gasteiger partial charge in [-0.25, -0.2) is 0 Å². The zero-order valence-electron chi connectivity index (χ0n) is 9.55. The van der Waals surface area contributed by atoms with E-state index >= 15 is 0 Å². The molecular formula is C12H16BrNO2. The second-order valence-electron chi connectivity index (χ2n) is 3.48. The van der Waals surface area contributed by atoms with Crippen LogP contribution in [0.1, 0.15) is 18.1 Å². The smallest absolute Gasteiger partial charge is 0.319 e. The Balaban J connectivity index is 2.42. The quantitative estimate of drug-likeness (QED) is 0.845. The molecule has 3 nitrogen and oxygen atoms in total. The van der Waals surface area contributed by atoms with E-state index in [2.05, 4.69) is 21.2 Å². The fraction of sp³-hybridized carbons (Fsp3) is 0.417. The summed E-state index contributed by atoms with van der Waals surface area (Å²) in [6.07, 6.45) is 0. The predicted molar refractivity (Wildman–Crippen MR) is 67.2 cm³/mol. The third-order valence-electron chi connectivity index (χ3n) is 2.20. The van der Waals surface area contributed by atoms with Gasteiger partial charge in [-0.3, -0.25) is 4.79 Å². The highest BCUT2D eigenvalue weighted by Gasteiger charge is 2.02. The minimum atomic E-state index is -0.213. The first-order chi connectivity index (χ1) is 7.63. The lowest BCUT2D eigenvalue weighted by atomic mass is 10.1. The first-order valence-electron chi connectivity index (χ1n) is 5.25. The van der Waals surface area contributed by atoms with Gasteiger partial charge in [-0.2, -0.15) is 0 Å². The van der Waals surface area contributed by atoms with Crippen LogP contribution in [-0.4, -0.2) is 19.1 Å². The summed E-state index contributed by atoms with van der Waals surface area (Å²) >= 11 is 3.42. The van der Waals surface area contributed by atoms with Crippen LogP contribution in [0.15, 0.2) is 22.7 Å². The topological polar surface area (TPSA) is 38.3 Å². The zero-order chi connectivity index (χ0) is 12.0. The minimum Gasteiger partial charge on any atom is -0.465 e. The molecule has 1 aromatic rings. The standard InChI is InChI=1S/C12H16BrNO2/c1-3-16-12(15)8-14-7-10-6-11(13)5-4-9(10)2/h4-6,14H,3,7-8H2,1-2H3. The van der Waals surface area contributed by atoms with Crippen molar-refractivity contribution in [2.24, 2.45) is 0 Å². The summed E-state index contributed by atoms with van der Waals surface area (Å²) in [6.45, 7) is 5.20. The maximum Gasteiger partial charge on any atom is 0.319 e. The molecule has 1 aromatic carbocycles.